The van der Waals surface area contributed by atoms with Crippen LogP contribution in [0.15, 0.2) is 94.4 Å². The summed E-state index contributed by atoms with van der Waals surface area (Å²) in [5.41, 5.74) is 5.00. The molecule has 0 radical (unpaired) electrons. The second kappa shape index (κ2) is 8.22. The average molecular weight is 370 g/mol. The van der Waals surface area contributed by atoms with Gasteiger partial charge in [-0.15, -0.1) is 0 Å². The smallest absolute Gasteiger partial charge is 0.307 e. The van der Waals surface area contributed by atoms with Gasteiger partial charge in [-0.2, -0.15) is 5.10 Å². The molecule has 4 aromatic rings. The number of hydrazone groups is 1. The summed E-state index contributed by atoms with van der Waals surface area (Å²) in [5, 5.41) is 4.91. The first-order valence-corrected chi connectivity index (χ1v) is 8.87. The third-order valence-corrected chi connectivity index (χ3v) is 4.18. The summed E-state index contributed by atoms with van der Waals surface area (Å²) in [4.78, 5) is 12.3. The summed E-state index contributed by atoms with van der Waals surface area (Å²) < 4.78 is 11.4. The number of nitrogens with one attached hydrogen (secondary N) is 1. The van der Waals surface area contributed by atoms with E-state index in [4.69, 9.17) is 9.15 Å². The number of para-hydroxylation sites is 2. The number of amides is 1. The molecule has 0 saturated carbocycles. The highest BCUT2D eigenvalue weighted by Crippen LogP contribution is 2.19. The monoisotopic (exact) mass is 370 g/mol. The van der Waals surface area contributed by atoms with Gasteiger partial charge < -0.3 is 9.15 Å². The van der Waals surface area contributed by atoms with Gasteiger partial charge in [0.05, 0.1) is 6.21 Å². The van der Waals surface area contributed by atoms with Gasteiger partial charge in [0, 0.05) is 10.9 Å². The standard InChI is InChI=1S/C23H18N2O3/c26-23(22-14-18-10-4-7-13-21(18)28-22)25-24-15-19-11-5-6-12-20(19)27-16-17-8-2-1-3-9-17/h1-15H,16H2,(H,25,26)/b24-15-. The van der Waals surface area contributed by atoms with E-state index >= 15 is 0 Å². The normalized spacial score (nSPS) is 11.0. The van der Waals surface area contributed by atoms with Crippen LogP contribution in [0.25, 0.3) is 11.0 Å². The Morgan fingerprint density at radius 3 is 2.57 bits per heavy atom. The number of rotatable bonds is 6. The molecule has 0 aliphatic rings. The molecule has 1 heterocycles. The number of ether oxygens (including phenoxy) is 1. The molecule has 5 heteroatoms. The van der Waals surface area contributed by atoms with Crippen molar-refractivity contribution in [2.75, 3.05) is 0 Å². The molecule has 0 fully saturated rings. The van der Waals surface area contributed by atoms with Crippen LogP contribution in [0.4, 0.5) is 0 Å². The number of hydrogen-bond acceptors (Lipinski definition) is 4. The molecule has 138 valence electrons. The molecule has 0 saturated heterocycles. The van der Waals surface area contributed by atoms with Crippen LogP contribution < -0.4 is 10.2 Å². The Labute approximate surface area is 162 Å². The zero-order valence-electron chi connectivity index (χ0n) is 15.0. The number of nitrogens with zero attached hydrogens (tertiary/aromatic N) is 1. The van der Waals surface area contributed by atoms with Crippen molar-refractivity contribution in [3.05, 3.63) is 102 Å². The zero-order valence-corrected chi connectivity index (χ0v) is 15.0. The number of carbonyl (C=O) groups is 1. The van der Waals surface area contributed by atoms with Crippen LogP contribution in [0.1, 0.15) is 21.7 Å². The van der Waals surface area contributed by atoms with E-state index in [1.807, 2.05) is 78.9 Å². The molecule has 0 spiro atoms. The van der Waals surface area contributed by atoms with E-state index in [2.05, 4.69) is 10.5 Å². The van der Waals surface area contributed by atoms with Crippen LogP contribution in [0.3, 0.4) is 0 Å². The number of carbonyl (C=O) groups excluding carboxylic acids is 1. The molecule has 1 aromatic heterocycles. The number of fused-ring (bicyclic) bond motifs is 1. The largest absolute Gasteiger partial charge is 0.488 e. The lowest BCUT2D eigenvalue weighted by atomic mass is 10.2. The van der Waals surface area contributed by atoms with Crippen molar-refractivity contribution < 1.29 is 13.9 Å². The van der Waals surface area contributed by atoms with Crippen molar-refractivity contribution in [1.82, 2.24) is 5.43 Å². The third-order valence-electron chi connectivity index (χ3n) is 4.18. The second-order valence-electron chi connectivity index (χ2n) is 6.16. The summed E-state index contributed by atoms with van der Waals surface area (Å²) in [5.74, 6) is 0.496. The second-order valence-corrected chi connectivity index (χ2v) is 6.16. The molecule has 4 rings (SSSR count). The maximum atomic E-state index is 12.3. The molecule has 0 unspecified atom stereocenters. The van der Waals surface area contributed by atoms with Gasteiger partial charge in [-0.25, -0.2) is 5.43 Å². The number of benzene rings is 3. The first-order valence-electron chi connectivity index (χ1n) is 8.87. The van der Waals surface area contributed by atoms with Gasteiger partial charge in [0.1, 0.15) is 17.9 Å². The molecule has 0 aliphatic heterocycles. The Balaban J connectivity index is 1.42. The average Bonchev–Trinajstić information content (AvgIpc) is 3.18. The van der Waals surface area contributed by atoms with Crippen LogP contribution in [-0.4, -0.2) is 12.1 Å². The van der Waals surface area contributed by atoms with Gasteiger partial charge in [-0.05, 0) is 29.8 Å². The van der Waals surface area contributed by atoms with E-state index in [1.54, 1.807) is 12.3 Å². The SMILES string of the molecule is O=C(N/N=C\c1ccccc1OCc1ccccc1)c1cc2ccccc2o1. The highest BCUT2D eigenvalue weighted by molar-refractivity contribution is 5.96. The van der Waals surface area contributed by atoms with Crippen LogP contribution >= 0.6 is 0 Å². The third kappa shape index (κ3) is 4.10. The van der Waals surface area contributed by atoms with Gasteiger partial charge >= 0.3 is 5.91 Å². The summed E-state index contributed by atoms with van der Waals surface area (Å²) in [6.07, 6.45) is 1.56. The molecular formula is C23H18N2O3. The Morgan fingerprint density at radius 2 is 1.71 bits per heavy atom. The van der Waals surface area contributed by atoms with E-state index in [9.17, 15) is 4.79 Å². The summed E-state index contributed by atoms with van der Waals surface area (Å²) in [6.45, 7) is 0.455. The minimum Gasteiger partial charge on any atom is -0.488 e. The van der Waals surface area contributed by atoms with Gasteiger partial charge in [0.15, 0.2) is 5.76 Å². The lowest BCUT2D eigenvalue weighted by Crippen LogP contribution is -2.16. The maximum absolute atomic E-state index is 12.3. The van der Waals surface area contributed by atoms with Crippen LogP contribution in [0.5, 0.6) is 5.75 Å². The van der Waals surface area contributed by atoms with Crippen LogP contribution in [0.2, 0.25) is 0 Å². The molecule has 5 nitrogen and oxygen atoms in total. The van der Waals surface area contributed by atoms with Crippen LogP contribution in [-0.2, 0) is 6.61 Å². The Kier molecular flexibility index (Phi) is 5.15. The van der Waals surface area contributed by atoms with Gasteiger partial charge in [0.25, 0.3) is 0 Å². The predicted octanol–water partition coefficient (Wildman–Crippen LogP) is 4.78. The first kappa shape index (κ1) is 17.5. The van der Waals surface area contributed by atoms with Gasteiger partial charge in [-0.3, -0.25) is 4.79 Å². The number of hydrogen-bond donors (Lipinski definition) is 1. The quantitative estimate of drug-likeness (QED) is 0.393. The Hall–Kier alpha value is -3.86. The van der Waals surface area contributed by atoms with Crippen molar-refractivity contribution in [3.63, 3.8) is 0 Å². The molecule has 28 heavy (non-hydrogen) atoms. The van der Waals surface area contributed by atoms with E-state index in [0.717, 1.165) is 16.5 Å². The van der Waals surface area contributed by atoms with Crippen molar-refractivity contribution in [2.24, 2.45) is 5.10 Å². The van der Waals surface area contributed by atoms with E-state index in [-0.39, 0.29) is 5.76 Å². The van der Waals surface area contributed by atoms with E-state index in [0.29, 0.717) is 17.9 Å². The van der Waals surface area contributed by atoms with Crippen molar-refractivity contribution >= 4 is 23.1 Å². The zero-order chi connectivity index (χ0) is 19.2. The van der Waals surface area contributed by atoms with E-state index in [1.165, 1.54) is 0 Å². The lowest BCUT2D eigenvalue weighted by Gasteiger charge is -2.08. The Bertz CT molecular complexity index is 1080. The number of furan rings is 1. The highest BCUT2D eigenvalue weighted by Gasteiger charge is 2.11. The van der Waals surface area contributed by atoms with E-state index < -0.39 is 5.91 Å². The molecule has 0 aliphatic carbocycles. The molecule has 3 aromatic carbocycles. The molecule has 0 bridgehead atoms. The van der Waals surface area contributed by atoms with Crippen LogP contribution in [0, 0.1) is 0 Å². The minimum absolute atomic E-state index is 0.215. The van der Waals surface area contributed by atoms with Gasteiger partial charge in [-0.1, -0.05) is 60.7 Å². The molecule has 0 atom stereocenters. The highest BCUT2D eigenvalue weighted by atomic mass is 16.5. The van der Waals surface area contributed by atoms with Gasteiger partial charge in [0.2, 0.25) is 0 Å². The van der Waals surface area contributed by atoms with Crippen molar-refractivity contribution in [1.29, 1.82) is 0 Å². The fraction of sp³-hybridized carbons (Fsp3) is 0.0435. The lowest BCUT2D eigenvalue weighted by molar-refractivity contribution is 0.0929. The summed E-state index contributed by atoms with van der Waals surface area (Å²) >= 11 is 0. The topological polar surface area (TPSA) is 63.8 Å². The summed E-state index contributed by atoms with van der Waals surface area (Å²) in [6, 6.07) is 26.6. The Morgan fingerprint density at radius 1 is 0.964 bits per heavy atom. The molecular weight excluding hydrogens is 352 g/mol. The maximum Gasteiger partial charge on any atom is 0.307 e. The van der Waals surface area contributed by atoms with Crippen molar-refractivity contribution in [3.8, 4) is 5.75 Å². The minimum atomic E-state index is -0.407. The fourth-order valence-electron chi connectivity index (χ4n) is 2.76. The molecule has 1 N–H and O–H groups in total. The summed E-state index contributed by atoms with van der Waals surface area (Å²) in [7, 11) is 0. The predicted molar refractivity (Wildman–Crippen MR) is 108 cm³/mol. The molecule has 1 amide bonds. The van der Waals surface area contributed by atoms with Crippen molar-refractivity contribution in [2.45, 2.75) is 6.61 Å². The first-order chi connectivity index (χ1) is 13.8. The fourth-order valence-corrected chi connectivity index (χ4v) is 2.76.